The molecule has 6 heteroatoms. The first-order valence-corrected chi connectivity index (χ1v) is 9.69. The van der Waals surface area contributed by atoms with E-state index in [0.717, 1.165) is 42.8 Å². The number of hydrogen-bond acceptors (Lipinski definition) is 4. The van der Waals surface area contributed by atoms with Gasteiger partial charge in [0, 0.05) is 36.0 Å². The molecule has 3 rings (SSSR count). The van der Waals surface area contributed by atoms with E-state index in [1.54, 1.807) is 0 Å². The zero-order valence-corrected chi connectivity index (χ0v) is 15.5. The van der Waals surface area contributed by atoms with Crippen LogP contribution in [0, 0.1) is 0 Å². The van der Waals surface area contributed by atoms with Crippen molar-refractivity contribution in [2.45, 2.75) is 46.0 Å². The fourth-order valence-corrected chi connectivity index (χ4v) is 3.78. The van der Waals surface area contributed by atoms with Crippen molar-refractivity contribution in [2.24, 2.45) is 0 Å². The van der Waals surface area contributed by atoms with Crippen LogP contribution in [0.5, 0.6) is 0 Å². The SMILES string of the molecule is CCCC(=O)Nc1nc(-c2ccc3c(c2)CCN3C(=O)CCC)cs1. The van der Waals surface area contributed by atoms with Crippen molar-refractivity contribution in [3.8, 4) is 11.3 Å². The summed E-state index contributed by atoms with van der Waals surface area (Å²) in [7, 11) is 0. The molecule has 25 heavy (non-hydrogen) atoms. The summed E-state index contributed by atoms with van der Waals surface area (Å²) in [4.78, 5) is 30.3. The predicted molar refractivity (Wildman–Crippen MR) is 102 cm³/mol. The Kier molecular flexibility index (Phi) is 5.48. The smallest absolute Gasteiger partial charge is 0.226 e. The lowest BCUT2D eigenvalue weighted by Crippen LogP contribution is -2.28. The summed E-state index contributed by atoms with van der Waals surface area (Å²) < 4.78 is 0. The maximum Gasteiger partial charge on any atom is 0.226 e. The summed E-state index contributed by atoms with van der Waals surface area (Å²) in [5.41, 5.74) is 4.09. The van der Waals surface area contributed by atoms with Crippen molar-refractivity contribution in [3.05, 3.63) is 29.1 Å². The highest BCUT2D eigenvalue weighted by Gasteiger charge is 2.24. The Balaban J connectivity index is 1.76. The Morgan fingerprint density at radius 3 is 2.80 bits per heavy atom. The van der Waals surface area contributed by atoms with Crippen molar-refractivity contribution < 1.29 is 9.59 Å². The summed E-state index contributed by atoms with van der Waals surface area (Å²) >= 11 is 1.44. The molecule has 2 heterocycles. The Labute approximate surface area is 152 Å². The number of rotatable bonds is 6. The average molecular weight is 357 g/mol. The Bertz CT molecular complexity index is 785. The van der Waals surface area contributed by atoms with Crippen LogP contribution in [0.4, 0.5) is 10.8 Å². The first-order valence-electron chi connectivity index (χ1n) is 8.81. The van der Waals surface area contributed by atoms with E-state index in [1.807, 2.05) is 36.3 Å². The van der Waals surface area contributed by atoms with Crippen LogP contribution in [0.3, 0.4) is 0 Å². The fraction of sp³-hybridized carbons (Fsp3) is 0.421. The van der Waals surface area contributed by atoms with Gasteiger partial charge in [-0.15, -0.1) is 11.3 Å². The Hall–Kier alpha value is -2.21. The molecule has 132 valence electrons. The molecule has 5 nitrogen and oxygen atoms in total. The molecule has 2 aromatic rings. The molecule has 0 spiro atoms. The van der Waals surface area contributed by atoms with Crippen molar-refractivity contribution in [1.82, 2.24) is 4.98 Å². The molecule has 2 amide bonds. The number of fused-ring (bicyclic) bond motifs is 1. The summed E-state index contributed by atoms with van der Waals surface area (Å²) in [6.45, 7) is 4.76. The van der Waals surface area contributed by atoms with Gasteiger partial charge in [0.05, 0.1) is 5.69 Å². The van der Waals surface area contributed by atoms with Crippen LogP contribution < -0.4 is 10.2 Å². The summed E-state index contributed by atoms with van der Waals surface area (Å²) in [5.74, 6) is 0.200. The van der Waals surface area contributed by atoms with E-state index in [2.05, 4.69) is 16.4 Å². The molecule has 1 aromatic heterocycles. The van der Waals surface area contributed by atoms with Crippen molar-refractivity contribution in [2.75, 3.05) is 16.8 Å². The van der Waals surface area contributed by atoms with Crippen molar-refractivity contribution in [3.63, 3.8) is 0 Å². The van der Waals surface area contributed by atoms with Gasteiger partial charge < -0.3 is 10.2 Å². The predicted octanol–water partition coefficient (Wildman–Crippen LogP) is 4.24. The minimum atomic E-state index is 0.00225. The van der Waals surface area contributed by atoms with Crippen LogP contribution in [0.25, 0.3) is 11.3 Å². The first kappa shape index (κ1) is 17.6. The highest BCUT2D eigenvalue weighted by molar-refractivity contribution is 7.14. The maximum absolute atomic E-state index is 12.2. The number of benzene rings is 1. The van der Waals surface area contributed by atoms with Gasteiger partial charge in [-0.2, -0.15) is 0 Å². The van der Waals surface area contributed by atoms with E-state index < -0.39 is 0 Å². The van der Waals surface area contributed by atoms with Gasteiger partial charge in [-0.1, -0.05) is 19.9 Å². The van der Waals surface area contributed by atoms with E-state index in [1.165, 1.54) is 16.9 Å². The van der Waals surface area contributed by atoms with Gasteiger partial charge in [0.25, 0.3) is 0 Å². The monoisotopic (exact) mass is 357 g/mol. The van der Waals surface area contributed by atoms with Crippen LogP contribution in [-0.2, 0) is 16.0 Å². The molecular formula is C19H23N3O2S. The fourth-order valence-electron chi connectivity index (χ4n) is 3.04. The molecule has 1 aliphatic heterocycles. The second-order valence-electron chi connectivity index (χ2n) is 6.22. The van der Waals surface area contributed by atoms with E-state index in [9.17, 15) is 9.59 Å². The second kappa shape index (κ2) is 7.78. The third-order valence-electron chi connectivity index (χ3n) is 4.26. The maximum atomic E-state index is 12.2. The van der Waals surface area contributed by atoms with Gasteiger partial charge >= 0.3 is 0 Å². The normalized spacial score (nSPS) is 13.0. The highest BCUT2D eigenvalue weighted by Crippen LogP contribution is 2.33. The van der Waals surface area contributed by atoms with Gasteiger partial charge in [-0.25, -0.2) is 4.98 Å². The average Bonchev–Trinajstić information content (AvgIpc) is 3.21. The van der Waals surface area contributed by atoms with Crippen LogP contribution in [-0.4, -0.2) is 23.3 Å². The van der Waals surface area contributed by atoms with E-state index >= 15 is 0 Å². The van der Waals surface area contributed by atoms with Crippen molar-refractivity contribution >= 4 is 34.0 Å². The van der Waals surface area contributed by atoms with Gasteiger partial charge in [0.2, 0.25) is 11.8 Å². The van der Waals surface area contributed by atoms with Crippen LogP contribution >= 0.6 is 11.3 Å². The molecule has 1 aromatic carbocycles. The summed E-state index contributed by atoms with van der Waals surface area (Å²) in [5, 5.41) is 5.43. The summed E-state index contributed by atoms with van der Waals surface area (Å²) in [6.07, 6.45) is 3.67. The summed E-state index contributed by atoms with van der Waals surface area (Å²) in [6, 6.07) is 6.13. The Morgan fingerprint density at radius 1 is 1.24 bits per heavy atom. The molecule has 0 saturated heterocycles. The number of hydrogen-bond donors (Lipinski definition) is 1. The number of carbonyl (C=O) groups excluding carboxylic acids is 2. The van der Waals surface area contributed by atoms with Gasteiger partial charge in [0.15, 0.2) is 5.13 Å². The number of amides is 2. The minimum Gasteiger partial charge on any atom is -0.312 e. The first-order chi connectivity index (χ1) is 12.1. The number of anilines is 2. The number of carbonyl (C=O) groups is 2. The Morgan fingerprint density at radius 2 is 2.04 bits per heavy atom. The molecule has 0 aliphatic carbocycles. The third-order valence-corrected chi connectivity index (χ3v) is 5.02. The lowest BCUT2D eigenvalue weighted by Gasteiger charge is -2.17. The van der Waals surface area contributed by atoms with Crippen molar-refractivity contribution in [1.29, 1.82) is 0 Å². The lowest BCUT2D eigenvalue weighted by molar-refractivity contribution is -0.118. The lowest BCUT2D eigenvalue weighted by atomic mass is 10.1. The van der Waals surface area contributed by atoms with Gasteiger partial charge in [-0.3, -0.25) is 9.59 Å². The molecule has 1 N–H and O–H groups in total. The quantitative estimate of drug-likeness (QED) is 0.841. The number of nitrogens with zero attached hydrogens (tertiary/aromatic N) is 2. The zero-order chi connectivity index (χ0) is 17.8. The largest absolute Gasteiger partial charge is 0.312 e. The molecule has 0 unspecified atom stereocenters. The minimum absolute atomic E-state index is 0.00225. The molecule has 0 saturated carbocycles. The van der Waals surface area contributed by atoms with E-state index in [-0.39, 0.29) is 11.8 Å². The van der Waals surface area contributed by atoms with Gasteiger partial charge in [-0.05, 0) is 37.0 Å². The van der Waals surface area contributed by atoms with E-state index in [0.29, 0.717) is 18.0 Å². The standard InChI is InChI=1S/C19H23N3O2S/c1-3-5-17(23)21-19-20-15(12-25-19)13-7-8-16-14(11-13)9-10-22(16)18(24)6-4-2/h7-8,11-12H,3-6,9-10H2,1-2H3,(H,20,21,23). The molecule has 0 atom stereocenters. The van der Waals surface area contributed by atoms with Crippen LogP contribution in [0.15, 0.2) is 23.6 Å². The third kappa shape index (κ3) is 3.90. The van der Waals surface area contributed by atoms with Crippen LogP contribution in [0.1, 0.15) is 45.1 Å². The molecule has 0 radical (unpaired) electrons. The zero-order valence-electron chi connectivity index (χ0n) is 14.7. The number of thiazole rings is 1. The topological polar surface area (TPSA) is 62.3 Å². The second-order valence-corrected chi connectivity index (χ2v) is 7.08. The highest BCUT2D eigenvalue weighted by atomic mass is 32.1. The van der Waals surface area contributed by atoms with E-state index in [4.69, 9.17) is 0 Å². The molecule has 0 fully saturated rings. The molecule has 1 aliphatic rings. The number of nitrogens with one attached hydrogen (secondary N) is 1. The molecular weight excluding hydrogens is 334 g/mol. The number of aromatic nitrogens is 1. The van der Waals surface area contributed by atoms with Gasteiger partial charge in [0.1, 0.15) is 0 Å². The molecule has 0 bridgehead atoms. The van der Waals surface area contributed by atoms with Crippen LogP contribution in [0.2, 0.25) is 0 Å².